The zero-order valence-corrected chi connectivity index (χ0v) is 15.2. The number of ether oxygens (including phenoxy) is 2. The number of esters is 1. The summed E-state index contributed by atoms with van der Waals surface area (Å²) in [7, 11) is 0. The molecule has 0 atom stereocenters. The molecular weight excluding hydrogens is 361 g/mol. The number of fused-ring (bicyclic) bond motifs is 1. The van der Waals surface area contributed by atoms with Gasteiger partial charge in [-0.2, -0.15) is 18.3 Å². The summed E-state index contributed by atoms with van der Waals surface area (Å²) in [5, 5.41) is 8.16. The van der Waals surface area contributed by atoms with Crippen LogP contribution in [0, 0.1) is 0 Å². The lowest BCUT2D eigenvalue weighted by atomic mass is 9.90. The van der Waals surface area contributed by atoms with Crippen molar-refractivity contribution < 1.29 is 27.4 Å². The van der Waals surface area contributed by atoms with Gasteiger partial charge in [0.2, 0.25) is 0 Å². The molecule has 0 aliphatic heterocycles. The third-order valence-corrected chi connectivity index (χ3v) is 4.54. The van der Waals surface area contributed by atoms with Crippen molar-refractivity contribution in [3.05, 3.63) is 46.6 Å². The van der Waals surface area contributed by atoms with Gasteiger partial charge in [-0.05, 0) is 43.5 Å². The third-order valence-electron chi connectivity index (χ3n) is 4.54. The summed E-state index contributed by atoms with van der Waals surface area (Å²) in [5.41, 5.74) is 0.383. The summed E-state index contributed by atoms with van der Waals surface area (Å²) in [4.78, 5) is 12.5. The second kappa shape index (κ2) is 6.83. The van der Waals surface area contributed by atoms with E-state index in [0.717, 1.165) is 18.6 Å². The van der Waals surface area contributed by atoms with Gasteiger partial charge in [0.05, 0.1) is 17.9 Å². The molecular formula is C19H19F3N2O3. The molecule has 0 spiro atoms. The zero-order chi connectivity index (χ0) is 19.8. The fraction of sp³-hybridized carbons (Fsp3) is 0.421. The largest absolute Gasteiger partial charge is 0.462 e. The standard InChI is InChI=1S/C19H19F3N2O3/c1-4-26-17(25)14-13-8-9-18(2,3)15(13)23-24-16(14)27-12-7-5-6-11(10-12)19(20,21)22/h5-7,10H,4,8-9H2,1-3H3. The maximum Gasteiger partial charge on any atom is 0.416 e. The highest BCUT2D eigenvalue weighted by Crippen LogP contribution is 2.41. The number of halogens is 3. The topological polar surface area (TPSA) is 61.3 Å². The molecule has 5 nitrogen and oxygen atoms in total. The number of nitrogens with zero attached hydrogens (tertiary/aromatic N) is 2. The summed E-state index contributed by atoms with van der Waals surface area (Å²) >= 11 is 0. The van der Waals surface area contributed by atoms with Crippen LogP contribution < -0.4 is 4.74 Å². The first-order valence-electron chi connectivity index (χ1n) is 8.55. The molecule has 3 rings (SSSR count). The van der Waals surface area contributed by atoms with Crippen LogP contribution in [-0.2, 0) is 22.7 Å². The van der Waals surface area contributed by atoms with Crippen LogP contribution in [0.3, 0.4) is 0 Å². The van der Waals surface area contributed by atoms with Gasteiger partial charge >= 0.3 is 12.1 Å². The molecule has 0 radical (unpaired) electrons. The Kier molecular flexibility index (Phi) is 4.84. The lowest BCUT2D eigenvalue weighted by Gasteiger charge is -2.18. The molecule has 1 heterocycles. The second-order valence-electron chi connectivity index (χ2n) is 6.94. The molecule has 8 heteroatoms. The number of alkyl halides is 3. The van der Waals surface area contributed by atoms with Crippen molar-refractivity contribution in [2.45, 2.75) is 45.2 Å². The van der Waals surface area contributed by atoms with Gasteiger partial charge in [0.25, 0.3) is 5.88 Å². The quantitative estimate of drug-likeness (QED) is 0.721. The average Bonchev–Trinajstić information content (AvgIpc) is 2.89. The van der Waals surface area contributed by atoms with Crippen LogP contribution in [0.5, 0.6) is 11.6 Å². The van der Waals surface area contributed by atoms with Crippen molar-refractivity contribution >= 4 is 5.97 Å². The number of hydrogen-bond donors (Lipinski definition) is 0. The molecule has 0 unspecified atom stereocenters. The zero-order valence-electron chi connectivity index (χ0n) is 15.2. The molecule has 0 amide bonds. The predicted octanol–water partition coefficient (Wildman–Crippen LogP) is 4.69. The Balaban J connectivity index is 2.05. The highest BCUT2D eigenvalue weighted by Gasteiger charge is 2.38. The van der Waals surface area contributed by atoms with E-state index in [4.69, 9.17) is 9.47 Å². The molecule has 0 saturated heterocycles. The van der Waals surface area contributed by atoms with Crippen molar-refractivity contribution in [2.75, 3.05) is 6.61 Å². The van der Waals surface area contributed by atoms with E-state index in [-0.39, 0.29) is 29.2 Å². The Bertz CT molecular complexity index is 879. The minimum atomic E-state index is -4.50. The molecule has 0 fully saturated rings. The molecule has 1 aromatic carbocycles. The molecule has 2 aromatic rings. The van der Waals surface area contributed by atoms with Crippen molar-refractivity contribution in [1.29, 1.82) is 0 Å². The summed E-state index contributed by atoms with van der Waals surface area (Å²) in [6, 6.07) is 4.39. The summed E-state index contributed by atoms with van der Waals surface area (Å²) in [5.74, 6) is -0.852. The number of aromatic nitrogens is 2. The highest BCUT2D eigenvalue weighted by molar-refractivity contribution is 5.94. The van der Waals surface area contributed by atoms with Crippen LogP contribution in [0.1, 0.15) is 54.4 Å². The monoisotopic (exact) mass is 380 g/mol. The van der Waals surface area contributed by atoms with E-state index in [0.29, 0.717) is 17.7 Å². The number of carbonyl (C=O) groups excluding carboxylic acids is 1. The van der Waals surface area contributed by atoms with Crippen molar-refractivity contribution in [1.82, 2.24) is 10.2 Å². The average molecular weight is 380 g/mol. The van der Waals surface area contributed by atoms with Gasteiger partial charge in [0.15, 0.2) is 0 Å². The van der Waals surface area contributed by atoms with Crippen molar-refractivity contribution in [3.8, 4) is 11.6 Å². The number of rotatable bonds is 4. The molecule has 27 heavy (non-hydrogen) atoms. The first-order chi connectivity index (χ1) is 12.6. The van der Waals surface area contributed by atoms with Gasteiger partial charge in [-0.1, -0.05) is 19.9 Å². The molecule has 1 aliphatic carbocycles. The van der Waals surface area contributed by atoms with Gasteiger partial charge in [-0.25, -0.2) is 4.79 Å². The highest BCUT2D eigenvalue weighted by atomic mass is 19.4. The van der Waals surface area contributed by atoms with E-state index in [1.54, 1.807) is 6.92 Å². The Morgan fingerprint density at radius 3 is 2.67 bits per heavy atom. The maximum atomic E-state index is 12.9. The van der Waals surface area contributed by atoms with Crippen LogP contribution >= 0.6 is 0 Å². The van der Waals surface area contributed by atoms with Gasteiger partial charge in [-0.3, -0.25) is 0 Å². The Hall–Kier alpha value is -2.64. The maximum absolute atomic E-state index is 12.9. The molecule has 0 N–H and O–H groups in total. The summed E-state index contributed by atoms with van der Waals surface area (Å²) < 4.78 is 49.4. The minimum absolute atomic E-state index is 0.0816. The van der Waals surface area contributed by atoms with Gasteiger partial charge < -0.3 is 9.47 Å². The second-order valence-corrected chi connectivity index (χ2v) is 6.94. The number of hydrogen-bond acceptors (Lipinski definition) is 5. The molecule has 0 bridgehead atoms. The first-order valence-corrected chi connectivity index (χ1v) is 8.55. The normalized spacial score (nSPS) is 15.3. The van der Waals surface area contributed by atoms with E-state index >= 15 is 0 Å². The molecule has 0 saturated carbocycles. The van der Waals surface area contributed by atoms with Crippen LogP contribution in [0.25, 0.3) is 0 Å². The van der Waals surface area contributed by atoms with E-state index in [2.05, 4.69) is 10.2 Å². The number of benzene rings is 1. The lowest BCUT2D eigenvalue weighted by Crippen LogP contribution is -2.18. The molecule has 1 aromatic heterocycles. The first kappa shape index (κ1) is 19.1. The third kappa shape index (κ3) is 3.74. The predicted molar refractivity (Wildman–Crippen MR) is 90.9 cm³/mol. The van der Waals surface area contributed by atoms with Crippen LogP contribution in [0.15, 0.2) is 24.3 Å². The smallest absolute Gasteiger partial charge is 0.416 e. The van der Waals surface area contributed by atoms with Gasteiger partial charge in [0.1, 0.15) is 11.3 Å². The van der Waals surface area contributed by atoms with Gasteiger partial charge in [0, 0.05) is 5.41 Å². The molecule has 1 aliphatic rings. The number of carbonyl (C=O) groups is 1. The van der Waals surface area contributed by atoms with E-state index in [9.17, 15) is 18.0 Å². The van der Waals surface area contributed by atoms with Crippen molar-refractivity contribution in [2.24, 2.45) is 0 Å². The Morgan fingerprint density at radius 1 is 1.26 bits per heavy atom. The fourth-order valence-corrected chi connectivity index (χ4v) is 3.13. The van der Waals surface area contributed by atoms with Crippen molar-refractivity contribution in [3.63, 3.8) is 0 Å². The SMILES string of the molecule is CCOC(=O)c1c(Oc2cccc(C(F)(F)F)c2)nnc2c1CCC2(C)C. The Labute approximate surface area is 154 Å². The van der Waals surface area contributed by atoms with E-state index in [1.165, 1.54) is 12.1 Å². The molecule has 144 valence electrons. The van der Waals surface area contributed by atoms with Crippen LogP contribution in [-0.4, -0.2) is 22.8 Å². The summed E-state index contributed by atoms with van der Waals surface area (Å²) in [6.45, 7) is 5.82. The fourth-order valence-electron chi connectivity index (χ4n) is 3.13. The van der Waals surface area contributed by atoms with Gasteiger partial charge in [-0.15, -0.1) is 5.10 Å². The minimum Gasteiger partial charge on any atom is -0.462 e. The Morgan fingerprint density at radius 2 is 2.00 bits per heavy atom. The van der Waals surface area contributed by atoms with Crippen LogP contribution in [0.2, 0.25) is 0 Å². The summed E-state index contributed by atoms with van der Waals surface area (Å²) in [6.07, 6.45) is -3.14. The lowest BCUT2D eigenvalue weighted by molar-refractivity contribution is -0.137. The van der Waals surface area contributed by atoms with Crippen LogP contribution in [0.4, 0.5) is 13.2 Å². The van der Waals surface area contributed by atoms with E-state index in [1.807, 2.05) is 13.8 Å². The van der Waals surface area contributed by atoms with E-state index < -0.39 is 17.7 Å².